The molecule has 3 rings (SSSR count). The topological polar surface area (TPSA) is 30.7 Å². The van der Waals surface area contributed by atoms with E-state index in [2.05, 4.69) is 10.1 Å². The smallest absolute Gasteiger partial charge is 0.163 e. The van der Waals surface area contributed by atoms with Crippen molar-refractivity contribution in [1.82, 2.24) is 14.8 Å². The number of aromatic nitrogens is 3. The van der Waals surface area contributed by atoms with E-state index in [0.29, 0.717) is 0 Å². The third kappa shape index (κ3) is 1.58. The lowest BCUT2D eigenvalue weighted by Gasteiger charge is -2.01. The molecule has 0 bridgehead atoms. The SMILES string of the molecule is Cc1nn(-c2ccc(F)cc2)c2ncccc12. The Kier molecular flexibility index (Phi) is 2.14. The predicted octanol–water partition coefficient (Wildman–Crippen LogP) is 2.87. The third-order valence-corrected chi connectivity index (χ3v) is 2.70. The molecule has 0 spiro atoms. The first-order chi connectivity index (χ1) is 8.25. The van der Waals surface area contributed by atoms with Crippen LogP contribution in [0.1, 0.15) is 5.69 Å². The van der Waals surface area contributed by atoms with Crippen LogP contribution >= 0.6 is 0 Å². The Balaban J connectivity index is 2.27. The summed E-state index contributed by atoms with van der Waals surface area (Å²) in [5.41, 5.74) is 2.51. The molecule has 0 N–H and O–H groups in total. The summed E-state index contributed by atoms with van der Waals surface area (Å²) in [5, 5.41) is 5.43. The molecule has 0 unspecified atom stereocenters. The number of pyridine rings is 1. The van der Waals surface area contributed by atoms with Gasteiger partial charge in [-0.2, -0.15) is 5.10 Å². The standard InChI is InChI=1S/C13H10FN3/c1-9-12-3-2-8-15-13(12)17(16-9)11-6-4-10(14)5-7-11/h2-8H,1H3. The maximum absolute atomic E-state index is 12.9. The van der Waals surface area contributed by atoms with Crippen molar-refractivity contribution in [2.24, 2.45) is 0 Å². The molecule has 84 valence electrons. The third-order valence-electron chi connectivity index (χ3n) is 2.70. The van der Waals surface area contributed by atoms with Crippen molar-refractivity contribution >= 4 is 11.0 Å². The molecule has 2 heterocycles. The minimum absolute atomic E-state index is 0.255. The van der Waals surface area contributed by atoms with Crippen LogP contribution in [0.3, 0.4) is 0 Å². The molecule has 2 aromatic heterocycles. The normalized spacial score (nSPS) is 10.9. The van der Waals surface area contributed by atoms with Gasteiger partial charge in [-0.15, -0.1) is 0 Å². The van der Waals surface area contributed by atoms with Crippen molar-refractivity contribution in [3.05, 3.63) is 54.1 Å². The van der Waals surface area contributed by atoms with Gasteiger partial charge in [0.15, 0.2) is 5.65 Å². The van der Waals surface area contributed by atoms with Crippen LogP contribution < -0.4 is 0 Å². The van der Waals surface area contributed by atoms with Crippen LogP contribution in [0.5, 0.6) is 0 Å². The molecule has 0 atom stereocenters. The largest absolute Gasteiger partial charge is 0.237 e. The van der Waals surface area contributed by atoms with Gasteiger partial charge in [-0.05, 0) is 43.3 Å². The molecular weight excluding hydrogens is 217 g/mol. The molecule has 1 aromatic carbocycles. The average Bonchev–Trinajstić information content (AvgIpc) is 2.69. The van der Waals surface area contributed by atoms with Crippen LogP contribution in [-0.4, -0.2) is 14.8 Å². The van der Waals surface area contributed by atoms with Crippen LogP contribution in [0.15, 0.2) is 42.6 Å². The second-order valence-electron chi connectivity index (χ2n) is 3.85. The molecule has 0 saturated carbocycles. The van der Waals surface area contributed by atoms with Crippen molar-refractivity contribution in [1.29, 1.82) is 0 Å². The fourth-order valence-electron chi connectivity index (χ4n) is 1.86. The number of aryl methyl sites for hydroxylation is 1. The minimum atomic E-state index is -0.255. The summed E-state index contributed by atoms with van der Waals surface area (Å²) in [6.07, 6.45) is 1.73. The molecule has 0 amide bonds. The number of nitrogens with zero attached hydrogens (tertiary/aromatic N) is 3. The van der Waals surface area contributed by atoms with Crippen molar-refractivity contribution < 1.29 is 4.39 Å². The molecule has 0 aliphatic heterocycles. The fourth-order valence-corrected chi connectivity index (χ4v) is 1.86. The fraction of sp³-hybridized carbons (Fsp3) is 0.0769. The highest BCUT2D eigenvalue weighted by atomic mass is 19.1. The van der Waals surface area contributed by atoms with Gasteiger partial charge in [0, 0.05) is 11.6 Å². The van der Waals surface area contributed by atoms with Gasteiger partial charge in [0.25, 0.3) is 0 Å². The van der Waals surface area contributed by atoms with Crippen LogP contribution in [0.25, 0.3) is 16.7 Å². The highest BCUT2D eigenvalue weighted by Crippen LogP contribution is 2.19. The van der Waals surface area contributed by atoms with Crippen molar-refractivity contribution in [2.75, 3.05) is 0 Å². The van der Waals surface area contributed by atoms with Crippen LogP contribution in [-0.2, 0) is 0 Å². The number of halogens is 1. The number of hydrogen-bond donors (Lipinski definition) is 0. The van der Waals surface area contributed by atoms with Gasteiger partial charge in [0.1, 0.15) is 5.82 Å². The molecule has 0 radical (unpaired) electrons. The predicted molar refractivity (Wildman–Crippen MR) is 63.6 cm³/mol. The van der Waals surface area contributed by atoms with E-state index in [1.807, 2.05) is 19.1 Å². The summed E-state index contributed by atoms with van der Waals surface area (Å²) in [7, 11) is 0. The zero-order chi connectivity index (χ0) is 11.8. The Bertz CT molecular complexity index is 671. The summed E-state index contributed by atoms with van der Waals surface area (Å²) < 4.78 is 14.6. The molecule has 0 aliphatic carbocycles. The molecule has 17 heavy (non-hydrogen) atoms. The van der Waals surface area contributed by atoms with E-state index in [1.54, 1.807) is 23.0 Å². The van der Waals surface area contributed by atoms with E-state index >= 15 is 0 Å². The van der Waals surface area contributed by atoms with Crippen molar-refractivity contribution in [2.45, 2.75) is 6.92 Å². The van der Waals surface area contributed by atoms with E-state index in [-0.39, 0.29) is 5.82 Å². The first kappa shape index (κ1) is 9.96. The van der Waals surface area contributed by atoms with Crippen LogP contribution in [0.2, 0.25) is 0 Å². The van der Waals surface area contributed by atoms with Crippen molar-refractivity contribution in [3.8, 4) is 5.69 Å². The van der Waals surface area contributed by atoms with Crippen LogP contribution in [0.4, 0.5) is 4.39 Å². The quantitative estimate of drug-likeness (QED) is 0.640. The van der Waals surface area contributed by atoms with Gasteiger partial charge in [0.2, 0.25) is 0 Å². The zero-order valence-electron chi connectivity index (χ0n) is 9.26. The average molecular weight is 227 g/mol. The monoisotopic (exact) mass is 227 g/mol. The van der Waals surface area contributed by atoms with Gasteiger partial charge in [-0.25, -0.2) is 14.1 Å². The van der Waals surface area contributed by atoms with Gasteiger partial charge in [-0.3, -0.25) is 0 Å². The molecule has 0 aliphatic rings. The zero-order valence-corrected chi connectivity index (χ0v) is 9.26. The molecule has 4 heteroatoms. The maximum Gasteiger partial charge on any atom is 0.163 e. The molecular formula is C13H10FN3. The summed E-state index contributed by atoms with van der Waals surface area (Å²) in [4.78, 5) is 4.31. The Morgan fingerprint density at radius 1 is 1.12 bits per heavy atom. The number of fused-ring (bicyclic) bond motifs is 1. The lowest BCUT2D eigenvalue weighted by Crippen LogP contribution is -1.97. The summed E-state index contributed by atoms with van der Waals surface area (Å²) in [6.45, 7) is 1.93. The Morgan fingerprint density at radius 2 is 1.88 bits per heavy atom. The van der Waals surface area contributed by atoms with E-state index in [0.717, 1.165) is 22.4 Å². The number of benzene rings is 1. The Labute approximate surface area is 97.5 Å². The first-order valence-corrected chi connectivity index (χ1v) is 5.32. The summed E-state index contributed by atoms with van der Waals surface area (Å²) in [5.74, 6) is -0.255. The van der Waals surface area contributed by atoms with Gasteiger partial charge in [0.05, 0.1) is 11.4 Å². The van der Waals surface area contributed by atoms with Gasteiger partial charge < -0.3 is 0 Å². The van der Waals surface area contributed by atoms with Gasteiger partial charge >= 0.3 is 0 Å². The molecule has 0 saturated heterocycles. The second kappa shape index (κ2) is 3.66. The van der Waals surface area contributed by atoms with E-state index < -0.39 is 0 Å². The highest BCUT2D eigenvalue weighted by molar-refractivity contribution is 5.79. The molecule has 3 nitrogen and oxygen atoms in total. The highest BCUT2D eigenvalue weighted by Gasteiger charge is 2.08. The lowest BCUT2D eigenvalue weighted by atomic mass is 10.3. The maximum atomic E-state index is 12.9. The van der Waals surface area contributed by atoms with E-state index in [9.17, 15) is 4.39 Å². The second-order valence-corrected chi connectivity index (χ2v) is 3.85. The Hall–Kier alpha value is -2.23. The van der Waals surface area contributed by atoms with E-state index in [1.165, 1.54) is 12.1 Å². The Morgan fingerprint density at radius 3 is 2.65 bits per heavy atom. The summed E-state index contributed by atoms with van der Waals surface area (Å²) in [6, 6.07) is 10.1. The van der Waals surface area contributed by atoms with Gasteiger partial charge in [-0.1, -0.05) is 0 Å². The number of rotatable bonds is 1. The van der Waals surface area contributed by atoms with E-state index in [4.69, 9.17) is 0 Å². The molecule has 0 fully saturated rings. The van der Waals surface area contributed by atoms with Crippen LogP contribution in [0, 0.1) is 12.7 Å². The lowest BCUT2D eigenvalue weighted by molar-refractivity contribution is 0.627. The number of hydrogen-bond acceptors (Lipinski definition) is 2. The first-order valence-electron chi connectivity index (χ1n) is 5.32. The van der Waals surface area contributed by atoms with Crippen molar-refractivity contribution in [3.63, 3.8) is 0 Å². The minimum Gasteiger partial charge on any atom is -0.237 e. The summed E-state index contributed by atoms with van der Waals surface area (Å²) >= 11 is 0. The molecule has 3 aromatic rings.